The van der Waals surface area contributed by atoms with Crippen LogP contribution in [0.3, 0.4) is 0 Å². The molecule has 0 rings (SSSR count). The van der Waals surface area contributed by atoms with Crippen LogP contribution >= 0.6 is 0 Å². The third-order valence-electron chi connectivity index (χ3n) is 1.48. The lowest BCUT2D eigenvalue weighted by Crippen LogP contribution is -2.08. The minimum absolute atomic E-state index is 0.0777. The maximum Gasteiger partial charge on any atom is 0.331 e. The summed E-state index contributed by atoms with van der Waals surface area (Å²) in [5.41, 5.74) is 0.332. The lowest BCUT2D eigenvalue weighted by atomic mass is 10.2. The average Bonchev–Trinajstić information content (AvgIpc) is 1.99. The minimum atomic E-state index is -0.888. The van der Waals surface area contributed by atoms with Crippen molar-refractivity contribution in [1.29, 1.82) is 0 Å². The standard InChI is InChI=1S/C8H14O3/c1-4-7(11-3)5-6(2)8(9)10/h5,7H,4H2,1-3H3,(H,9,10)/b6-5-. The van der Waals surface area contributed by atoms with Gasteiger partial charge in [0.25, 0.3) is 0 Å². The van der Waals surface area contributed by atoms with E-state index in [1.54, 1.807) is 20.1 Å². The predicted molar refractivity (Wildman–Crippen MR) is 42.5 cm³/mol. The average molecular weight is 158 g/mol. The van der Waals surface area contributed by atoms with E-state index < -0.39 is 5.97 Å². The van der Waals surface area contributed by atoms with Gasteiger partial charge in [-0.3, -0.25) is 0 Å². The first-order chi connectivity index (χ1) is 5.11. The molecule has 0 spiro atoms. The van der Waals surface area contributed by atoms with Crippen LogP contribution in [0, 0.1) is 0 Å². The van der Waals surface area contributed by atoms with E-state index in [2.05, 4.69) is 0 Å². The van der Waals surface area contributed by atoms with Crippen LogP contribution in [-0.2, 0) is 9.53 Å². The molecule has 0 aromatic rings. The largest absolute Gasteiger partial charge is 0.478 e. The highest BCUT2D eigenvalue weighted by Crippen LogP contribution is 2.02. The first-order valence-corrected chi connectivity index (χ1v) is 3.56. The molecule has 1 N–H and O–H groups in total. The molecule has 0 saturated heterocycles. The van der Waals surface area contributed by atoms with Crippen LogP contribution in [0.25, 0.3) is 0 Å². The van der Waals surface area contributed by atoms with E-state index in [1.807, 2.05) is 6.92 Å². The number of hydrogen-bond acceptors (Lipinski definition) is 2. The second kappa shape index (κ2) is 4.91. The predicted octanol–water partition coefficient (Wildman–Crippen LogP) is 1.44. The molecule has 0 aliphatic carbocycles. The number of aliphatic carboxylic acids is 1. The van der Waals surface area contributed by atoms with Gasteiger partial charge >= 0.3 is 5.97 Å². The maximum absolute atomic E-state index is 10.3. The molecule has 0 aliphatic heterocycles. The highest BCUT2D eigenvalue weighted by molar-refractivity contribution is 5.85. The van der Waals surface area contributed by atoms with Crippen LogP contribution < -0.4 is 0 Å². The van der Waals surface area contributed by atoms with Crippen LogP contribution in [0.1, 0.15) is 20.3 Å². The molecule has 0 amide bonds. The number of ether oxygens (including phenoxy) is 1. The second-order valence-electron chi connectivity index (χ2n) is 2.34. The molecule has 0 aliphatic rings. The molecule has 0 bridgehead atoms. The van der Waals surface area contributed by atoms with Gasteiger partial charge in [0.2, 0.25) is 0 Å². The molecular formula is C8H14O3. The molecule has 1 atom stereocenters. The molecule has 0 heterocycles. The quantitative estimate of drug-likeness (QED) is 0.630. The minimum Gasteiger partial charge on any atom is -0.478 e. The van der Waals surface area contributed by atoms with Crippen molar-refractivity contribution in [3.8, 4) is 0 Å². The molecule has 0 aromatic heterocycles. The summed E-state index contributed by atoms with van der Waals surface area (Å²) in [6, 6.07) is 0. The Morgan fingerprint density at radius 3 is 2.55 bits per heavy atom. The fraction of sp³-hybridized carbons (Fsp3) is 0.625. The number of rotatable bonds is 4. The monoisotopic (exact) mass is 158 g/mol. The molecule has 0 fully saturated rings. The third kappa shape index (κ3) is 3.78. The van der Waals surface area contributed by atoms with E-state index in [9.17, 15) is 4.79 Å². The van der Waals surface area contributed by atoms with E-state index in [-0.39, 0.29) is 6.10 Å². The van der Waals surface area contributed by atoms with Gasteiger partial charge in [0, 0.05) is 12.7 Å². The Morgan fingerprint density at radius 2 is 2.27 bits per heavy atom. The Hall–Kier alpha value is -0.830. The van der Waals surface area contributed by atoms with Gasteiger partial charge in [-0.1, -0.05) is 6.92 Å². The van der Waals surface area contributed by atoms with E-state index in [1.165, 1.54) is 0 Å². The summed E-state index contributed by atoms with van der Waals surface area (Å²) in [7, 11) is 1.57. The SMILES string of the molecule is CCC(/C=C(/C)C(=O)O)OC. The Kier molecular flexibility index (Phi) is 4.54. The molecule has 0 radical (unpaired) electrons. The summed E-state index contributed by atoms with van der Waals surface area (Å²) in [4.78, 5) is 10.3. The zero-order valence-electron chi connectivity index (χ0n) is 7.13. The van der Waals surface area contributed by atoms with Gasteiger partial charge in [0.15, 0.2) is 0 Å². The second-order valence-corrected chi connectivity index (χ2v) is 2.34. The number of carboxylic acid groups (broad SMARTS) is 1. The molecule has 3 nitrogen and oxygen atoms in total. The Morgan fingerprint density at radius 1 is 1.73 bits per heavy atom. The van der Waals surface area contributed by atoms with Crippen LogP contribution in [-0.4, -0.2) is 24.3 Å². The lowest BCUT2D eigenvalue weighted by Gasteiger charge is -2.07. The summed E-state index contributed by atoms with van der Waals surface area (Å²) in [5.74, 6) is -0.888. The van der Waals surface area contributed by atoms with E-state index >= 15 is 0 Å². The van der Waals surface area contributed by atoms with Crippen molar-refractivity contribution in [2.45, 2.75) is 26.4 Å². The maximum atomic E-state index is 10.3. The molecule has 3 heteroatoms. The van der Waals surface area contributed by atoms with Gasteiger partial charge in [0.1, 0.15) is 0 Å². The summed E-state index contributed by atoms with van der Waals surface area (Å²) >= 11 is 0. The molecule has 11 heavy (non-hydrogen) atoms. The Labute approximate surface area is 66.7 Å². The number of hydrogen-bond donors (Lipinski definition) is 1. The van der Waals surface area contributed by atoms with Crippen molar-refractivity contribution < 1.29 is 14.6 Å². The Bertz CT molecular complexity index is 157. The van der Waals surface area contributed by atoms with Gasteiger partial charge in [-0.05, 0) is 19.4 Å². The Balaban J connectivity index is 4.14. The van der Waals surface area contributed by atoms with Crippen molar-refractivity contribution in [1.82, 2.24) is 0 Å². The van der Waals surface area contributed by atoms with Gasteiger partial charge in [0.05, 0.1) is 6.10 Å². The zero-order chi connectivity index (χ0) is 8.85. The smallest absolute Gasteiger partial charge is 0.331 e. The first-order valence-electron chi connectivity index (χ1n) is 3.56. The van der Waals surface area contributed by atoms with Gasteiger partial charge < -0.3 is 9.84 Å². The van der Waals surface area contributed by atoms with Crippen LogP contribution in [0.4, 0.5) is 0 Å². The summed E-state index contributed by atoms with van der Waals surface area (Å²) in [6.07, 6.45) is 2.33. The van der Waals surface area contributed by atoms with Crippen LogP contribution in [0.2, 0.25) is 0 Å². The highest BCUT2D eigenvalue weighted by Gasteiger charge is 2.04. The van der Waals surface area contributed by atoms with Crippen molar-refractivity contribution in [3.05, 3.63) is 11.6 Å². The topological polar surface area (TPSA) is 46.5 Å². The van der Waals surface area contributed by atoms with Crippen LogP contribution in [0.15, 0.2) is 11.6 Å². The highest BCUT2D eigenvalue weighted by atomic mass is 16.5. The molecular weight excluding hydrogens is 144 g/mol. The van der Waals surface area contributed by atoms with Gasteiger partial charge in [-0.2, -0.15) is 0 Å². The normalized spacial score (nSPS) is 14.6. The first kappa shape index (κ1) is 10.2. The van der Waals surface area contributed by atoms with E-state index in [4.69, 9.17) is 9.84 Å². The van der Waals surface area contributed by atoms with Crippen LogP contribution in [0.5, 0.6) is 0 Å². The molecule has 64 valence electrons. The van der Waals surface area contributed by atoms with Gasteiger partial charge in [-0.25, -0.2) is 4.79 Å². The lowest BCUT2D eigenvalue weighted by molar-refractivity contribution is -0.132. The van der Waals surface area contributed by atoms with Crippen molar-refractivity contribution in [2.24, 2.45) is 0 Å². The summed E-state index contributed by atoms with van der Waals surface area (Å²) < 4.78 is 4.98. The van der Waals surface area contributed by atoms with Gasteiger partial charge in [-0.15, -0.1) is 0 Å². The van der Waals surface area contributed by atoms with Crippen molar-refractivity contribution >= 4 is 5.97 Å². The fourth-order valence-corrected chi connectivity index (χ4v) is 0.703. The zero-order valence-corrected chi connectivity index (χ0v) is 7.13. The molecule has 0 aromatic carbocycles. The molecule has 1 unspecified atom stereocenters. The fourth-order valence-electron chi connectivity index (χ4n) is 0.703. The summed E-state index contributed by atoms with van der Waals surface area (Å²) in [5, 5.41) is 8.50. The van der Waals surface area contributed by atoms with Crippen molar-refractivity contribution in [3.63, 3.8) is 0 Å². The number of methoxy groups -OCH3 is 1. The number of carbonyl (C=O) groups is 1. The summed E-state index contributed by atoms with van der Waals surface area (Å²) in [6.45, 7) is 3.50. The number of carboxylic acids is 1. The van der Waals surface area contributed by atoms with Crippen molar-refractivity contribution in [2.75, 3.05) is 7.11 Å². The molecule has 0 saturated carbocycles. The van der Waals surface area contributed by atoms with E-state index in [0.29, 0.717) is 5.57 Å². The van der Waals surface area contributed by atoms with E-state index in [0.717, 1.165) is 6.42 Å². The third-order valence-corrected chi connectivity index (χ3v) is 1.48.